The molecule has 3 N–H and O–H groups in total. The van der Waals surface area contributed by atoms with Crippen molar-refractivity contribution < 1.29 is 32.3 Å². The van der Waals surface area contributed by atoms with Gasteiger partial charge < -0.3 is 15.2 Å². The fourth-order valence-corrected chi connectivity index (χ4v) is 7.40. The first-order valence-corrected chi connectivity index (χ1v) is 14.4. The normalized spacial score (nSPS) is 22.2. The summed E-state index contributed by atoms with van der Waals surface area (Å²) in [4.78, 5) is 25.0. The SMILES string of the molecule is CC(C)(C)[N+]1(C(=O)O)C[C@H](NS(=O)(=O)c2cc(Br)ccc2Br)C[C@@H]1COC(=O)NCc1ccccc1. The molecule has 9 nitrogen and oxygen atoms in total. The molecule has 1 aliphatic heterocycles. The van der Waals surface area contributed by atoms with Gasteiger partial charge in [-0.2, -0.15) is 4.79 Å². The summed E-state index contributed by atoms with van der Waals surface area (Å²) in [5, 5.41) is 13.0. The van der Waals surface area contributed by atoms with Crippen LogP contribution in [0.2, 0.25) is 0 Å². The molecule has 12 heteroatoms. The fraction of sp³-hybridized carbons (Fsp3) is 0.417. The van der Waals surface area contributed by atoms with Gasteiger partial charge in [-0.1, -0.05) is 46.3 Å². The van der Waals surface area contributed by atoms with Gasteiger partial charge in [0.15, 0.2) is 0 Å². The molecule has 0 aromatic heterocycles. The average molecular weight is 648 g/mol. The highest BCUT2D eigenvalue weighted by Gasteiger charge is 2.60. The number of sulfonamides is 1. The Kier molecular flexibility index (Phi) is 8.87. The van der Waals surface area contributed by atoms with E-state index in [1.165, 1.54) is 6.07 Å². The van der Waals surface area contributed by atoms with Crippen molar-refractivity contribution in [1.82, 2.24) is 10.0 Å². The van der Waals surface area contributed by atoms with E-state index in [1.807, 2.05) is 30.3 Å². The lowest BCUT2D eigenvalue weighted by Gasteiger charge is -2.44. The summed E-state index contributed by atoms with van der Waals surface area (Å²) >= 11 is 6.56. The second kappa shape index (κ2) is 11.2. The number of likely N-dealkylation sites (tertiary alicyclic amines) is 1. The summed E-state index contributed by atoms with van der Waals surface area (Å²) in [5.41, 5.74) is 0.102. The van der Waals surface area contributed by atoms with Gasteiger partial charge in [0.05, 0.1) is 10.9 Å². The Morgan fingerprint density at radius 2 is 1.81 bits per heavy atom. The largest absolute Gasteiger partial charge is 0.514 e. The Bertz CT molecular complexity index is 1220. The summed E-state index contributed by atoms with van der Waals surface area (Å²) < 4.78 is 35.0. The first kappa shape index (κ1) is 28.6. The molecule has 2 amide bonds. The molecule has 36 heavy (non-hydrogen) atoms. The fourth-order valence-electron chi connectivity index (χ4n) is 4.66. The minimum atomic E-state index is -3.96. The maximum absolute atomic E-state index is 13.2. The topological polar surface area (TPSA) is 122 Å². The number of ether oxygens (including phenoxy) is 1. The van der Waals surface area contributed by atoms with Crippen molar-refractivity contribution >= 4 is 54.1 Å². The molecular formula is C24H30Br2N3O6S+. The number of nitrogens with one attached hydrogen (secondary N) is 2. The van der Waals surface area contributed by atoms with Gasteiger partial charge in [0.25, 0.3) is 0 Å². The molecule has 1 heterocycles. The quantitative estimate of drug-likeness (QED) is 0.370. The summed E-state index contributed by atoms with van der Waals surface area (Å²) in [6, 6.07) is 12.8. The van der Waals surface area contributed by atoms with E-state index in [-0.39, 0.29) is 31.0 Å². The van der Waals surface area contributed by atoms with Crippen molar-refractivity contribution in [3.05, 3.63) is 63.0 Å². The molecule has 1 fully saturated rings. The molecule has 0 radical (unpaired) electrons. The third-order valence-corrected chi connectivity index (χ3v) is 9.43. The third kappa shape index (κ3) is 6.28. The molecular weight excluding hydrogens is 618 g/mol. The van der Waals surface area contributed by atoms with Crippen molar-refractivity contribution in [3.63, 3.8) is 0 Å². The van der Waals surface area contributed by atoms with Crippen LogP contribution in [0.15, 0.2) is 62.4 Å². The van der Waals surface area contributed by atoms with Gasteiger partial charge >= 0.3 is 12.2 Å². The standard InChI is InChI=1S/C24H29Br2N3O6S/c1-24(2,3)29(23(31)32)14-18(28-36(33,34)21-11-17(25)9-10-20(21)26)12-19(29)15-35-22(30)27-13-16-7-5-4-6-8-16/h4-11,18-19,28H,12-15H2,1-3H3,(H-,27,30,31,32)/p+1/t18-,19-,29?/m1/s1. The molecule has 1 aliphatic rings. The summed E-state index contributed by atoms with van der Waals surface area (Å²) in [7, 11) is -3.96. The van der Waals surface area contributed by atoms with Gasteiger partial charge in [-0.15, -0.1) is 0 Å². The van der Waals surface area contributed by atoms with Gasteiger partial charge in [-0.25, -0.2) is 22.4 Å². The van der Waals surface area contributed by atoms with E-state index in [2.05, 4.69) is 41.9 Å². The Labute approximate surface area is 228 Å². The van der Waals surface area contributed by atoms with Crippen molar-refractivity contribution in [2.75, 3.05) is 13.2 Å². The van der Waals surface area contributed by atoms with E-state index in [9.17, 15) is 23.1 Å². The minimum absolute atomic E-state index is 0.00332. The van der Waals surface area contributed by atoms with E-state index in [0.717, 1.165) is 5.56 Å². The van der Waals surface area contributed by atoms with Gasteiger partial charge in [0.2, 0.25) is 10.0 Å². The Balaban J connectivity index is 1.78. The summed E-state index contributed by atoms with van der Waals surface area (Å²) in [5.74, 6) is 0. The second-order valence-electron chi connectivity index (χ2n) is 9.72. The number of carbonyl (C=O) groups is 2. The van der Waals surface area contributed by atoms with Gasteiger partial charge in [-0.3, -0.25) is 0 Å². The molecule has 0 bridgehead atoms. The number of alkyl carbamates (subject to hydrolysis) is 1. The van der Waals surface area contributed by atoms with E-state index >= 15 is 0 Å². The molecule has 3 atom stereocenters. The van der Waals surface area contributed by atoms with Crippen LogP contribution in [0.3, 0.4) is 0 Å². The van der Waals surface area contributed by atoms with E-state index in [1.54, 1.807) is 32.9 Å². The van der Waals surface area contributed by atoms with E-state index < -0.39 is 44.3 Å². The van der Waals surface area contributed by atoms with Crippen LogP contribution in [0.25, 0.3) is 0 Å². The van der Waals surface area contributed by atoms with Crippen LogP contribution < -0.4 is 10.0 Å². The summed E-state index contributed by atoms with van der Waals surface area (Å²) in [6.07, 6.45) is -1.59. The van der Waals surface area contributed by atoms with Crippen molar-refractivity contribution in [2.24, 2.45) is 0 Å². The average Bonchev–Trinajstić information content (AvgIpc) is 3.17. The van der Waals surface area contributed by atoms with Crippen LogP contribution in [0.5, 0.6) is 0 Å². The Morgan fingerprint density at radius 1 is 1.14 bits per heavy atom. The van der Waals surface area contributed by atoms with E-state index in [0.29, 0.717) is 8.95 Å². The lowest BCUT2D eigenvalue weighted by Crippen LogP contribution is -2.67. The lowest BCUT2D eigenvalue weighted by molar-refractivity contribution is -0.915. The molecule has 0 spiro atoms. The Morgan fingerprint density at radius 3 is 2.42 bits per heavy atom. The zero-order valence-electron chi connectivity index (χ0n) is 20.2. The monoisotopic (exact) mass is 646 g/mol. The molecule has 1 unspecified atom stereocenters. The number of benzene rings is 2. The van der Waals surface area contributed by atoms with Crippen LogP contribution in [-0.4, -0.2) is 61.0 Å². The highest BCUT2D eigenvalue weighted by molar-refractivity contribution is 9.11. The predicted molar refractivity (Wildman–Crippen MR) is 142 cm³/mol. The maximum Gasteiger partial charge on any atom is 0.514 e. The van der Waals surface area contributed by atoms with Gasteiger partial charge in [0.1, 0.15) is 24.7 Å². The molecule has 1 saturated heterocycles. The first-order chi connectivity index (χ1) is 16.8. The Hall–Kier alpha value is -1.99. The van der Waals surface area contributed by atoms with Gasteiger partial charge in [-0.05, 0) is 60.5 Å². The molecule has 2 aromatic rings. The van der Waals surface area contributed by atoms with Crippen LogP contribution >= 0.6 is 31.9 Å². The van der Waals surface area contributed by atoms with Crippen molar-refractivity contribution in [1.29, 1.82) is 0 Å². The number of quaternary nitrogens is 1. The van der Waals surface area contributed by atoms with Crippen LogP contribution in [0.4, 0.5) is 9.59 Å². The zero-order valence-corrected chi connectivity index (χ0v) is 24.2. The first-order valence-electron chi connectivity index (χ1n) is 11.3. The molecule has 0 aliphatic carbocycles. The smallest absolute Gasteiger partial charge is 0.443 e. The number of hydrogen-bond donors (Lipinski definition) is 3. The van der Waals surface area contributed by atoms with Gasteiger partial charge in [0, 0.05) is 21.9 Å². The van der Waals surface area contributed by atoms with Crippen molar-refractivity contribution in [3.8, 4) is 0 Å². The number of carbonyl (C=O) groups excluding carboxylic acids is 1. The number of amides is 2. The highest BCUT2D eigenvalue weighted by Crippen LogP contribution is 2.38. The van der Waals surface area contributed by atoms with Crippen LogP contribution in [0.1, 0.15) is 32.8 Å². The van der Waals surface area contributed by atoms with Crippen LogP contribution in [-0.2, 0) is 21.3 Å². The zero-order chi connectivity index (χ0) is 26.7. The summed E-state index contributed by atoms with van der Waals surface area (Å²) in [6.45, 7) is 5.45. The second-order valence-corrected chi connectivity index (χ2v) is 13.2. The molecule has 0 saturated carbocycles. The number of halogens is 2. The molecule has 2 aromatic carbocycles. The van der Waals surface area contributed by atoms with Crippen molar-refractivity contribution in [2.45, 2.75) is 56.3 Å². The van der Waals surface area contributed by atoms with Crippen LogP contribution in [0, 0.1) is 0 Å². The number of carboxylic acid groups (broad SMARTS) is 1. The highest BCUT2D eigenvalue weighted by atomic mass is 79.9. The third-order valence-electron chi connectivity index (χ3n) is 6.42. The maximum atomic E-state index is 13.2. The molecule has 3 rings (SSSR count). The number of nitrogens with zero attached hydrogens (tertiary/aromatic N) is 1. The minimum Gasteiger partial charge on any atom is -0.443 e. The van der Waals surface area contributed by atoms with E-state index in [4.69, 9.17) is 4.74 Å². The number of rotatable bonds is 7. The predicted octanol–water partition coefficient (Wildman–Crippen LogP) is 4.85. The number of hydrogen-bond acceptors (Lipinski definition) is 5. The molecule has 196 valence electrons. The lowest BCUT2D eigenvalue weighted by atomic mass is 10.00.